The van der Waals surface area contributed by atoms with Crippen molar-refractivity contribution in [2.45, 2.75) is 19.4 Å². The van der Waals surface area contributed by atoms with Crippen molar-refractivity contribution in [1.29, 1.82) is 0 Å². The van der Waals surface area contributed by atoms with Gasteiger partial charge in [0.05, 0.1) is 6.21 Å². The van der Waals surface area contributed by atoms with Gasteiger partial charge in [-0.25, -0.2) is 5.43 Å². The highest BCUT2D eigenvalue weighted by Gasteiger charge is 2.18. The summed E-state index contributed by atoms with van der Waals surface area (Å²) in [5.74, 6) is 0.198. The van der Waals surface area contributed by atoms with Crippen LogP contribution in [0.4, 0.5) is 0 Å². The molecule has 0 radical (unpaired) electrons. The second kappa shape index (κ2) is 9.65. The molecule has 0 unspecified atom stereocenters. The van der Waals surface area contributed by atoms with E-state index in [4.69, 9.17) is 11.6 Å². The fourth-order valence-electron chi connectivity index (χ4n) is 3.16. The minimum atomic E-state index is -0.247. The normalized spacial score (nSPS) is 15.9. The van der Waals surface area contributed by atoms with Gasteiger partial charge in [-0.1, -0.05) is 35.9 Å². The van der Waals surface area contributed by atoms with E-state index in [1.165, 1.54) is 5.56 Å². The van der Waals surface area contributed by atoms with E-state index in [2.05, 4.69) is 15.4 Å². The van der Waals surface area contributed by atoms with Crippen LogP contribution in [0, 0.1) is 5.92 Å². The van der Waals surface area contributed by atoms with Crippen molar-refractivity contribution in [3.05, 3.63) is 70.2 Å². The molecule has 1 fully saturated rings. The third-order valence-corrected chi connectivity index (χ3v) is 5.05. The fraction of sp³-hybridized carbons (Fsp3) is 0.333. The van der Waals surface area contributed by atoms with Crippen molar-refractivity contribution < 1.29 is 9.90 Å². The number of piperidine rings is 1. The zero-order valence-electron chi connectivity index (χ0n) is 15.1. The van der Waals surface area contributed by atoms with Gasteiger partial charge in [0.2, 0.25) is 0 Å². The Bertz CT molecular complexity index is 784. The maximum atomic E-state index is 12.2. The number of amides is 1. The predicted molar refractivity (Wildman–Crippen MR) is 108 cm³/mol. The van der Waals surface area contributed by atoms with E-state index in [1.54, 1.807) is 18.3 Å². The van der Waals surface area contributed by atoms with E-state index in [9.17, 15) is 9.90 Å². The van der Waals surface area contributed by atoms with Crippen molar-refractivity contribution >= 4 is 23.7 Å². The van der Waals surface area contributed by atoms with Crippen molar-refractivity contribution in [3.8, 4) is 0 Å². The molecule has 0 atom stereocenters. The number of hydrogen-bond donors (Lipinski definition) is 2. The van der Waals surface area contributed by atoms with Crippen LogP contribution in [-0.2, 0) is 6.54 Å². The summed E-state index contributed by atoms with van der Waals surface area (Å²) in [4.78, 5) is 14.6. The largest absolute Gasteiger partial charge is 0.396 e. The van der Waals surface area contributed by atoms with E-state index >= 15 is 0 Å². The molecule has 3 rings (SSSR count). The number of carbonyl (C=O) groups excluding carboxylic acids is 1. The van der Waals surface area contributed by atoms with Gasteiger partial charge in [-0.05, 0) is 67.2 Å². The number of halogens is 1. The predicted octanol–water partition coefficient (Wildman–Crippen LogP) is 3.31. The molecule has 1 amide bonds. The molecule has 0 saturated carbocycles. The summed E-state index contributed by atoms with van der Waals surface area (Å²) in [6, 6.07) is 14.8. The summed E-state index contributed by atoms with van der Waals surface area (Å²) >= 11 is 5.92. The Morgan fingerprint density at radius 2 is 1.96 bits per heavy atom. The van der Waals surface area contributed by atoms with Crippen LogP contribution in [0.1, 0.15) is 34.3 Å². The molecule has 6 heteroatoms. The number of nitrogens with zero attached hydrogens (tertiary/aromatic N) is 2. The summed E-state index contributed by atoms with van der Waals surface area (Å²) in [5, 5.41) is 13.8. The van der Waals surface area contributed by atoms with Gasteiger partial charge in [0.15, 0.2) is 0 Å². The molecule has 0 aliphatic carbocycles. The number of aliphatic hydroxyl groups excluding tert-OH is 1. The molecular formula is C21H24ClN3O2. The molecule has 27 heavy (non-hydrogen) atoms. The lowest BCUT2D eigenvalue weighted by Gasteiger charge is -2.31. The lowest BCUT2D eigenvalue weighted by molar-refractivity contribution is 0.0955. The highest BCUT2D eigenvalue weighted by molar-refractivity contribution is 6.30. The SMILES string of the molecule is O=C(N/N=C/c1cccc(Cl)c1)c1ccc(CN2CCC(CO)CC2)cc1. The molecule has 1 saturated heterocycles. The van der Waals surface area contributed by atoms with Gasteiger partial charge in [-0.3, -0.25) is 9.69 Å². The second-order valence-electron chi connectivity index (χ2n) is 6.85. The first kappa shape index (κ1) is 19.5. The Labute approximate surface area is 164 Å². The van der Waals surface area contributed by atoms with E-state index < -0.39 is 0 Å². The first-order chi connectivity index (χ1) is 13.1. The molecule has 2 N–H and O–H groups in total. The van der Waals surface area contributed by atoms with Crippen molar-refractivity contribution in [1.82, 2.24) is 10.3 Å². The molecule has 0 aromatic heterocycles. The summed E-state index contributed by atoms with van der Waals surface area (Å²) in [5.41, 5.74) is 5.10. The number of aliphatic hydroxyl groups is 1. The van der Waals surface area contributed by atoms with Crippen LogP contribution in [0.25, 0.3) is 0 Å². The first-order valence-corrected chi connectivity index (χ1v) is 9.53. The average molecular weight is 386 g/mol. The number of hydrazone groups is 1. The van der Waals surface area contributed by atoms with Crippen molar-refractivity contribution in [3.63, 3.8) is 0 Å². The number of benzene rings is 2. The van der Waals surface area contributed by atoms with Crippen LogP contribution in [0.3, 0.4) is 0 Å². The van der Waals surface area contributed by atoms with Crippen LogP contribution in [0.5, 0.6) is 0 Å². The van der Waals surface area contributed by atoms with Gasteiger partial charge in [0, 0.05) is 23.7 Å². The summed E-state index contributed by atoms with van der Waals surface area (Å²) < 4.78 is 0. The zero-order chi connectivity index (χ0) is 19.1. The molecule has 0 bridgehead atoms. The average Bonchev–Trinajstić information content (AvgIpc) is 2.69. The Morgan fingerprint density at radius 3 is 2.63 bits per heavy atom. The number of rotatable bonds is 6. The summed E-state index contributed by atoms with van der Waals surface area (Å²) in [6.07, 6.45) is 3.65. The zero-order valence-corrected chi connectivity index (χ0v) is 15.9. The van der Waals surface area contributed by atoms with E-state index in [0.29, 0.717) is 16.5 Å². The standard InChI is InChI=1S/C21H24ClN3O2/c22-20-3-1-2-18(12-20)13-23-24-21(27)19-6-4-16(5-7-19)14-25-10-8-17(15-26)9-11-25/h1-7,12-13,17,26H,8-11,14-15H2,(H,24,27)/b23-13+. The van der Waals surface area contributed by atoms with E-state index in [0.717, 1.165) is 38.0 Å². The molecule has 0 spiro atoms. The Kier molecular flexibility index (Phi) is 6.98. The van der Waals surface area contributed by atoms with Crippen LogP contribution in [0.2, 0.25) is 5.02 Å². The van der Waals surface area contributed by atoms with Gasteiger partial charge in [-0.2, -0.15) is 5.10 Å². The molecule has 1 aliphatic heterocycles. The number of hydrogen-bond acceptors (Lipinski definition) is 4. The molecule has 1 aliphatic rings. The van der Waals surface area contributed by atoms with Gasteiger partial charge in [-0.15, -0.1) is 0 Å². The van der Waals surface area contributed by atoms with Gasteiger partial charge < -0.3 is 5.11 Å². The third-order valence-electron chi connectivity index (χ3n) is 4.82. The van der Waals surface area contributed by atoms with Gasteiger partial charge in [0.25, 0.3) is 5.91 Å². The highest BCUT2D eigenvalue weighted by atomic mass is 35.5. The van der Waals surface area contributed by atoms with Crippen LogP contribution >= 0.6 is 11.6 Å². The van der Waals surface area contributed by atoms with E-state index in [-0.39, 0.29) is 12.5 Å². The Morgan fingerprint density at radius 1 is 1.22 bits per heavy atom. The maximum Gasteiger partial charge on any atom is 0.271 e. The lowest BCUT2D eigenvalue weighted by Crippen LogP contribution is -2.34. The highest BCUT2D eigenvalue weighted by Crippen LogP contribution is 2.18. The molecule has 5 nitrogen and oxygen atoms in total. The number of nitrogens with one attached hydrogen (secondary N) is 1. The first-order valence-electron chi connectivity index (χ1n) is 9.15. The number of likely N-dealkylation sites (tertiary alicyclic amines) is 1. The minimum absolute atomic E-state index is 0.247. The maximum absolute atomic E-state index is 12.2. The van der Waals surface area contributed by atoms with Crippen molar-refractivity contribution in [2.24, 2.45) is 11.0 Å². The monoisotopic (exact) mass is 385 g/mol. The van der Waals surface area contributed by atoms with Crippen LogP contribution in [-0.4, -0.2) is 41.8 Å². The lowest BCUT2D eigenvalue weighted by atomic mass is 9.97. The molecule has 2 aromatic rings. The molecule has 142 valence electrons. The van der Waals surface area contributed by atoms with Crippen LogP contribution in [0.15, 0.2) is 53.6 Å². The Hall–Kier alpha value is -2.21. The summed E-state index contributed by atoms with van der Waals surface area (Å²) in [7, 11) is 0. The molecule has 2 aromatic carbocycles. The quantitative estimate of drug-likeness (QED) is 0.592. The summed E-state index contributed by atoms with van der Waals surface area (Å²) in [6.45, 7) is 3.17. The smallest absolute Gasteiger partial charge is 0.271 e. The fourth-order valence-corrected chi connectivity index (χ4v) is 3.36. The Balaban J connectivity index is 1.50. The third kappa shape index (κ3) is 5.89. The van der Waals surface area contributed by atoms with Gasteiger partial charge >= 0.3 is 0 Å². The molecule has 1 heterocycles. The van der Waals surface area contributed by atoms with E-state index in [1.807, 2.05) is 36.4 Å². The minimum Gasteiger partial charge on any atom is -0.396 e. The van der Waals surface area contributed by atoms with Gasteiger partial charge in [0.1, 0.15) is 0 Å². The second-order valence-corrected chi connectivity index (χ2v) is 7.29. The van der Waals surface area contributed by atoms with Crippen molar-refractivity contribution in [2.75, 3.05) is 19.7 Å². The van der Waals surface area contributed by atoms with Crippen LogP contribution < -0.4 is 5.43 Å². The molecular weight excluding hydrogens is 362 g/mol. The number of carbonyl (C=O) groups is 1. The topological polar surface area (TPSA) is 64.9 Å².